The largest absolute Gasteiger partial charge is 0.479 e. The molecule has 2 unspecified atom stereocenters. The van der Waals surface area contributed by atoms with E-state index in [1.165, 1.54) is 11.2 Å². The van der Waals surface area contributed by atoms with Gasteiger partial charge in [0.2, 0.25) is 0 Å². The van der Waals surface area contributed by atoms with Gasteiger partial charge in [0, 0.05) is 0 Å². The van der Waals surface area contributed by atoms with E-state index < -0.39 is 42.3 Å². The molecule has 3 aliphatic rings. The average Bonchev–Trinajstić information content (AvgIpc) is 3.02. The highest BCUT2D eigenvalue weighted by Crippen LogP contribution is 2.30. The monoisotopic (exact) mass is 327 g/mol. The summed E-state index contributed by atoms with van der Waals surface area (Å²) in [5, 5.41) is 38.5. The Morgan fingerprint density at radius 2 is 2.22 bits per heavy atom. The lowest BCUT2D eigenvalue weighted by Gasteiger charge is -2.30. The van der Waals surface area contributed by atoms with Gasteiger partial charge in [-0.05, 0) is 6.92 Å². The number of amidine groups is 1. The van der Waals surface area contributed by atoms with Gasteiger partial charge in [-0.3, -0.25) is 4.99 Å². The van der Waals surface area contributed by atoms with Gasteiger partial charge in [0.1, 0.15) is 37.0 Å². The maximum atomic E-state index is 10.9. The fraction of sp³-hybridized carbons (Fsp3) is 0.667. The van der Waals surface area contributed by atoms with E-state index in [-0.39, 0.29) is 6.67 Å². The highest BCUT2D eigenvalue weighted by atomic mass is 16.6. The fourth-order valence-corrected chi connectivity index (χ4v) is 2.75. The molecule has 0 aromatic carbocycles. The van der Waals surface area contributed by atoms with Crippen LogP contribution in [-0.2, 0) is 9.53 Å². The summed E-state index contributed by atoms with van der Waals surface area (Å²) in [5.41, 5.74) is 5.31. The van der Waals surface area contributed by atoms with Crippen molar-refractivity contribution in [3.8, 4) is 0 Å². The molecule has 6 N–H and O–H groups in total. The maximum absolute atomic E-state index is 10.9. The van der Waals surface area contributed by atoms with Crippen molar-refractivity contribution in [3.05, 3.63) is 0 Å². The second kappa shape index (κ2) is 5.32. The number of nitrogens with zero attached hydrogens (tertiary/aromatic N) is 4. The van der Waals surface area contributed by atoms with Crippen molar-refractivity contribution in [1.82, 2.24) is 4.90 Å². The SMILES string of the molecule is CC1(N)N=CN=C2C1=NCN2[C@@H]1O[C@H](C(O)C(=O)O)[C@@H](O)[C@H]1O. The van der Waals surface area contributed by atoms with Crippen LogP contribution in [0.4, 0.5) is 0 Å². The van der Waals surface area contributed by atoms with Crippen LogP contribution >= 0.6 is 0 Å². The molecule has 0 spiro atoms. The summed E-state index contributed by atoms with van der Waals surface area (Å²) in [6, 6.07) is 0. The zero-order valence-corrected chi connectivity index (χ0v) is 12.1. The first-order valence-electron chi connectivity index (χ1n) is 6.89. The molecule has 1 fully saturated rings. The summed E-state index contributed by atoms with van der Waals surface area (Å²) in [5.74, 6) is -1.23. The molecule has 0 amide bonds. The van der Waals surface area contributed by atoms with Gasteiger partial charge in [-0.1, -0.05) is 0 Å². The molecule has 3 aliphatic heterocycles. The predicted molar refractivity (Wildman–Crippen MR) is 77.0 cm³/mol. The van der Waals surface area contributed by atoms with Crippen molar-refractivity contribution in [2.75, 3.05) is 6.67 Å². The molecule has 0 aromatic rings. The van der Waals surface area contributed by atoms with Crippen LogP contribution in [0.1, 0.15) is 6.92 Å². The van der Waals surface area contributed by atoms with Gasteiger partial charge in [-0.2, -0.15) is 0 Å². The molecular weight excluding hydrogens is 310 g/mol. The van der Waals surface area contributed by atoms with E-state index in [2.05, 4.69) is 15.0 Å². The predicted octanol–water partition coefficient (Wildman–Crippen LogP) is -3.29. The molecule has 0 radical (unpaired) electrons. The van der Waals surface area contributed by atoms with Gasteiger partial charge >= 0.3 is 5.97 Å². The molecular formula is C12H17N5O6. The number of hydrogen-bond donors (Lipinski definition) is 5. The summed E-state index contributed by atoms with van der Waals surface area (Å²) in [6.07, 6.45) is -6.33. The Balaban J connectivity index is 1.83. The molecule has 0 bridgehead atoms. The summed E-state index contributed by atoms with van der Waals surface area (Å²) < 4.78 is 5.37. The minimum absolute atomic E-state index is 0.0502. The van der Waals surface area contributed by atoms with E-state index in [1.807, 2.05) is 0 Å². The number of rotatable bonds is 3. The highest BCUT2D eigenvalue weighted by molar-refractivity contribution is 6.47. The van der Waals surface area contributed by atoms with Gasteiger partial charge in [0.25, 0.3) is 0 Å². The second-order valence-electron chi connectivity index (χ2n) is 5.72. The number of aliphatic hydroxyl groups is 3. The van der Waals surface area contributed by atoms with Crippen LogP contribution in [0.5, 0.6) is 0 Å². The number of aliphatic carboxylic acids is 1. The summed E-state index contributed by atoms with van der Waals surface area (Å²) in [4.78, 5) is 24.6. The van der Waals surface area contributed by atoms with E-state index in [1.54, 1.807) is 6.92 Å². The van der Waals surface area contributed by atoms with E-state index >= 15 is 0 Å². The normalized spacial score (nSPS) is 40.7. The molecule has 23 heavy (non-hydrogen) atoms. The van der Waals surface area contributed by atoms with E-state index in [9.17, 15) is 20.1 Å². The number of hydrogen-bond acceptors (Lipinski definition) is 10. The Morgan fingerprint density at radius 3 is 2.87 bits per heavy atom. The molecule has 3 heterocycles. The van der Waals surface area contributed by atoms with Crippen LogP contribution in [0.15, 0.2) is 15.0 Å². The lowest BCUT2D eigenvalue weighted by Crippen LogP contribution is -2.54. The molecule has 1 saturated heterocycles. The minimum Gasteiger partial charge on any atom is -0.479 e. The topological polar surface area (TPSA) is 174 Å². The number of nitrogens with two attached hydrogens (primary N) is 1. The van der Waals surface area contributed by atoms with E-state index in [0.29, 0.717) is 11.5 Å². The molecule has 0 saturated carbocycles. The zero-order chi connectivity index (χ0) is 16.9. The number of aliphatic hydroxyl groups excluding tert-OH is 3. The summed E-state index contributed by atoms with van der Waals surface area (Å²) >= 11 is 0. The number of carbonyl (C=O) groups is 1. The molecule has 11 nitrogen and oxygen atoms in total. The molecule has 6 atom stereocenters. The third kappa shape index (κ3) is 2.42. The Bertz CT molecular complexity index is 617. The van der Waals surface area contributed by atoms with Gasteiger partial charge in [-0.15, -0.1) is 0 Å². The third-order valence-corrected chi connectivity index (χ3v) is 4.00. The van der Waals surface area contributed by atoms with Gasteiger partial charge in [0.05, 0.1) is 0 Å². The Hall–Kier alpha value is -1.92. The Labute approximate surface area is 130 Å². The molecule has 3 rings (SSSR count). The summed E-state index contributed by atoms with van der Waals surface area (Å²) in [6.45, 7) is 1.69. The lowest BCUT2D eigenvalue weighted by atomic mass is 10.0. The Kier molecular flexibility index (Phi) is 3.69. The fourth-order valence-electron chi connectivity index (χ4n) is 2.75. The number of carboxylic acids is 1. The second-order valence-corrected chi connectivity index (χ2v) is 5.72. The molecule has 0 aromatic heterocycles. The standard InChI is InChI=1S/C12H17N5O6/c1-12(13)8-9(14-2-16-12)17(3-15-8)10-5(19)4(18)7(23-10)6(20)11(21)22/h2,4-7,10,18-20H,3,13H2,1H3,(H,21,22)/t4-,5+,6?,7-,10+,12?/m0/s1. The zero-order valence-electron chi connectivity index (χ0n) is 12.1. The van der Waals surface area contributed by atoms with Gasteiger partial charge in [0.15, 0.2) is 23.8 Å². The van der Waals surface area contributed by atoms with Gasteiger partial charge < -0.3 is 35.8 Å². The van der Waals surface area contributed by atoms with Crippen molar-refractivity contribution in [3.63, 3.8) is 0 Å². The first kappa shape index (κ1) is 16.0. The van der Waals surface area contributed by atoms with Crippen molar-refractivity contribution in [2.45, 2.75) is 43.2 Å². The minimum atomic E-state index is -1.97. The van der Waals surface area contributed by atoms with Crippen LogP contribution in [-0.4, -0.2) is 92.2 Å². The third-order valence-electron chi connectivity index (χ3n) is 4.00. The average molecular weight is 327 g/mol. The molecule has 11 heteroatoms. The van der Waals surface area contributed by atoms with Crippen molar-refractivity contribution in [1.29, 1.82) is 0 Å². The summed E-state index contributed by atoms with van der Waals surface area (Å²) in [7, 11) is 0. The first-order valence-corrected chi connectivity index (χ1v) is 6.89. The van der Waals surface area contributed by atoms with Crippen molar-refractivity contribution >= 4 is 23.9 Å². The quantitative estimate of drug-likeness (QED) is 0.358. The van der Waals surface area contributed by atoms with Gasteiger partial charge in [-0.25, -0.2) is 14.8 Å². The van der Waals surface area contributed by atoms with Crippen LogP contribution < -0.4 is 5.73 Å². The van der Waals surface area contributed by atoms with Crippen molar-refractivity contribution < 1.29 is 30.0 Å². The van der Waals surface area contributed by atoms with Crippen LogP contribution in [0.3, 0.4) is 0 Å². The van der Waals surface area contributed by atoms with Crippen LogP contribution in [0, 0.1) is 0 Å². The number of aliphatic imine (C=N–C) groups is 3. The first-order chi connectivity index (χ1) is 10.7. The molecule has 0 aliphatic carbocycles. The van der Waals surface area contributed by atoms with Crippen LogP contribution in [0.25, 0.3) is 0 Å². The smallest absolute Gasteiger partial charge is 0.335 e. The van der Waals surface area contributed by atoms with Crippen LogP contribution in [0.2, 0.25) is 0 Å². The molecule has 126 valence electrons. The van der Waals surface area contributed by atoms with Crippen molar-refractivity contribution in [2.24, 2.45) is 20.7 Å². The number of fused-ring (bicyclic) bond motifs is 1. The van der Waals surface area contributed by atoms with E-state index in [4.69, 9.17) is 15.6 Å². The Morgan fingerprint density at radius 1 is 1.52 bits per heavy atom. The lowest BCUT2D eigenvalue weighted by molar-refractivity contribution is -0.160. The number of carboxylic acid groups (broad SMARTS) is 1. The highest BCUT2D eigenvalue weighted by Gasteiger charge is 2.52. The maximum Gasteiger partial charge on any atom is 0.335 e. The number of ether oxygens (including phenoxy) is 1. The van der Waals surface area contributed by atoms with E-state index in [0.717, 1.165) is 0 Å².